The monoisotopic (exact) mass is 244 g/mol. The van der Waals surface area contributed by atoms with Crippen LogP contribution in [-0.2, 0) is 10.2 Å². The lowest BCUT2D eigenvalue weighted by atomic mass is 10.3. The van der Waals surface area contributed by atoms with Crippen LogP contribution < -0.4 is 20.3 Å². The molecular formula is C8H12N4O3S. The van der Waals surface area contributed by atoms with Crippen LogP contribution in [0.4, 0.5) is 5.69 Å². The van der Waals surface area contributed by atoms with E-state index in [9.17, 15) is 8.42 Å². The summed E-state index contributed by atoms with van der Waals surface area (Å²) < 4.78 is 28.6. The summed E-state index contributed by atoms with van der Waals surface area (Å²) in [7, 11) is -3.76. The molecule has 0 aliphatic rings. The maximum atomic E-state index is 10.7. The van der Waals surface area contributed by atoms with Gasteiger partial charge in [-0.1, -0.05) is 0 Å². The van der Waals surface area contributed by atoms with Gasteiger partial charge in [-0.3, -0.25) is 10.1 Å². The normalized spacial score (nSPS) is 10.8. The first-order chi connectivity index (χ1) is 7.37. The lowest BCUT2D eigenvalue weighted by Crippen LogP contribution is -2.21. The first-order valence-corrected chi connectivity index (χ1v) is 5.78. The van der Waals surface area contributed by atoms with Gasteiger partial charge in [0.1, 0.15) is 18.2 Å². The maximum absolute atomic E-state index is 10.7. The van der Waals surface area contributed by atoms with E-state index in [1.165, 1.54) is 24.3 Å². The molecule has 0 fully saturated rings. The highest BCUT2D eigenvalue weighted by Gasteiger charge is 2.02. The number of benzene rings is 1. The maximum Gasteiger partial charge on any atom is 0.296 e. The highest BCUT2D eigenvalue weighted by atomic mass is 32.2. The Morgan fingerprint density at radius 2 is 1.94 bits per heavy atom. The van der Waals surface area contributed by atoms with Gasteiger partial charge in [0.25, 0.3) is 10.2 Å². The molecule has 0 aromatic heterocycles. The first-order valence-electron chi connectivity index (χ1n) is 4.23. The van der Waals surface area contributed by atoms with Crippen molar-refractivity contribution in [3.63, 3.8) is 0 Å². The van der Waals surface area contributed by atoms with Crippen LogP contribution in [0.2, 0.25) is 0 Å². The van der Waals surface area contributed by atoms with Gasteiger partial charge in [0.2, 0.25) is 0 Å². The topological polar surface area (TPSA) is 131 Å². The Labute approximate surface area is 93.1 Å². The average molecular weight is 244 g/mol. The van der Waals surface area contributed by atoms with E-state index in [4.69, 9.17) is 21.0 Å². The van der Waals surface area contributed by atoms with E-state index >= 15 is 0 Å². The molecule has 0 aliphatic heterocycles. The van der Waals surface area contributed by atoms with Gasteiger partial charge in [-0.2, -0.15) is 8.42 Å². The van der Waals surface area contributed by atoms with Crippen LogP contribution in [0.3, 0.4) is 0 Å². The molecule has 0 atom stereocenters. The van der Waals surface area contributed by atoms with Crippen LogP contribution in [0, 0.1) is 5.41 Å². The van der Waals surface area contributed by atoms with Crippen molar-refractivity contribution in [1.29, 1.82) is 5.41 Å². The fraction of sp³-hybridized carbons (Fsp3) is 0.125. The van der Waals surface area contributed by atoms with Crippen molar-refractivity contribution in [1.82, 2.24) is 0 Å². The number of hydrogen-bond donors (Lipinski definition) is 4. The molecule has 0 saturated heterocycles. The molecule has 1 aromatic carbocycles. The summed E-state index contributed by atoms with van der Waals surface area (Å²) >= 11 is 0. The Hall–Kier alpha value is -1.80. The molecule has 6 N–H and O–H groups in total. The van der Waals surface area contributed by atoms with Crippen LogP contribution in [0.5, 0.6) is 5.75 Å². The molecule has 0 heterocycles. The second-order valence-corrected chi connectivity index (χ2v) is 4.28. The van der Waals surface area contributed by atoms with E-state index in [2.05, 4.69) is 4.72 Å². The molecule has 0 unspecified atom stereocenters. The quantitative estimate of drug-likeness (QED) is 0.415. The van der Waals surface area contributed by atoms with Crippen molar-refractivity contribution in [2.75, 3.05) is 11.3 Å². The number of rotatable bonds is 5. The molecule has 0 spiro atoms. The molecule has 0 radical (unpaired) electrons. The summed E-state index contributed by atoms with van der Waals surface area (Å²) in [6.45, 7) is -0.0119. The minimum absolute atomic E-state index is 0.0119. The van der Waals surface area contributed by atoms with Gasteiger partial charge in [-0.25, -0.2) is 5.14 Å². The van der Waals surface area contributed by atoms with Crippen LogP contribution in [0.15, 0.2) is 24.3 Å². The van der Waals surface area contributed by atoms with Crippen molar-refractivity contribution in [3.05, 3.63) is 24.3 Å². The molecule has 16 heavy (non-hydrogen) atoms. The van der Waals surface area contributed by atoms with Crippen molar-refractivity contribution in [2.24, 2.45) is 10.9 Å². The fourth-order valence-electron chi connectivity index (χ4n) is 0.945. The van der Waals surface area contributed by atoms with E-state index in [0.29, 0.717) is 11.4 Å². The summed E-state index contributed by atoms with van der Waals surface area (Å²) in [4.78, 5) is 0. The summed E-state index contributed by atoms with van der Waals surface area (Å²) in [5.41, 5.74) is 5.43. The number of amidine groups is 1. The summed E-state index contributed by atoms with van der Waals surface area (Å²) in [5.74, 6) is 0.391. The van der Waals surface area contributed by atoms with Crippen LogP contribution in [0.1, 0.15) is 0 Å². The highest BCUT2D eigenvalue weighted by Crippen LogP contribution is 2.15. The largest absolute Gasteiger partial charge is 0.486 e. The SMILES string of the molecule is N=C(N)COc1ccc(NS(N)(=O)=O)cc1. The zero-order valence-corrected chi connectivity index (χ0v) is 9.12. The number of nitrogens with one attached hydrogen (secondary N) is 2. The third kappa shape index (κ3) is 4.62. The minimum Gasteiger partial charge on any atom is -0.486 e. The molecule has 0 saturated carbocycles. The molecule has 8 heteroatoms. The minimum atomic E-state index is -3.76. The van der Waals surface area contributed by atoms with Crippen molar-refractivity contribution >= 4 is 21.7 Å². The van der Waals surface area contributed by atoms with Gasteiger partial charge in [0.05, 0.1) is 0 Å². The summed E-state index contributed by atoms with van der Waals surface area (Å²) in [6.07, 6.45) is 0. The number of hydrogen-bond acceptors (Lipinski definition) is 4. The van der Waals surface area contributed by atoms with E-state index in [1.807, 2.05) is 0 Å². The van der Waals surface area contributed by atoms with Crippen molar-refractivity contribution in [3.8, 4) is 5.75 Å². The molecular weight excluding hydrogens is 232 g/mol. The second kappa shape index (κ2) is 4.81. The van der Waals surface area contributed by atoms with Gasteiger partial charge in [-0.05, 0) is 24.3 Å². The Balaban J connectivity index is 2.64. The Morgan fingerprint density at radius 1 is 1.38 bits per heavy atom. The Bertz CT molecular complexity index is 469. The van der Waals surface area contributed by atoms with Gasteiger partial charge < -0.3 is 10.5 Å². The summed E-state index contributed by atoms with van der Waals surface area (Å²) in [6, 6.07) is 6.05. The lowest BCUT2D eigenvalue weighted by Gasteiger charge is -2.06. The van der Waals surface area contributed by atoms with E-state index in [0.717, 1.165) is 0 Å². The molecule has 88 valence electrons. The van der Waals surface area contributed by atoms with E-state index < -0.39 is 10.2 Å². The smallest absolute Gasteiger partial charge is 0.296 e. The predicted octanol–water partition coefficient (Wildman–Crippen LogP) is -0.383. The number of nitrogens with two attached hydrogens (primary N) is 2. The molecule has 1 rings (SSSR count). The van der Waals surface area contributed by atoms with Crippen LogP contribution in [0.25, 0.3) is 0 Å². The Kier molecular flexibility index (Phi) is 3.69. The standard InChI is InChI=1S/C8H12N4O3S/c9-8(10)5-15-7-3-1-6(2-4-7)12-16(11,13)14/h1-4,12H,5H2,(H3,9,10)(H2,11,13,14). The third-order valence-electron chi connectivity index (χ3n) is 1.51. The molecule has 0 bridgehead atoms. The van der Waals surface area contributed by atoms with Gasteiger partial charge in [0.15, 0.2) is 0 Å². The van der Waals surface area contributed by atoms with E-state index in [-0.39, 0.29) is 12.4 Å². The first kappa shape index (κ1) is 12.3. The fourth-order valence-corrected chi connectivity index (χ4v) is 1.41. The van der Waals surface area contributed by atoms with Gasteiger partial charge in [-0.15, -0.1) is 0 Å². The number of ether oxygens (including phenoxy) is 1. The predicted molar refractivity (Wildman–Crippen MR) is 60.6 cm³/mol. The van der Waals surface area contributed by atoms with Gasteiger partial charge in [0, 0.05) is 5.69 Å². The second-order valence-electron chi connectivity index (χ2n) is 2.99. The van der Waals surface area contributed by atoms with Gasteiger partial charge >= 0.3 is 0 Å². The van der Waals surface area contributed by atoms with Crippen molar-refractivity contribution in [2.45, 2.75) is 0 Å². The highest BCUT2D eigenvalue weighted by molar-refractivity contribution is 7.90. The molecule has 0 amide bonds. The third-order valence-corrected chi connectivity index (χ3v) is 2.03. The van der Waals surface area contributed by atoms with Crippen LogP contribution in [-0.4, -0.2) is 20.9 Å². The average Bonchev–Trinajstić information content (AvgIpc) is 2.14. The lowest BCUT2D eigenvalue weighted by molar-refractivity contribution is 0.374. The summed E-state index contributed by atoms with van der Waals surface area (Å²) in [5, 5.41) is 11.7. The Morgan fingerprint density at radius 3 is 2.38 bits per heavy atom. The zero-order chi connectivity index (χ0) is 12.2. The van der Waals surface area contributed by atoms with Crippen LogP contribution >= 0.6 is 0 Å². The molecule has 0 aliphatic carbocycles. The molecule has 7 nitrogen and oxygen atoms in total. The molecule has 1 aromatic rings. The van der Waals surface area contributed by atoms with Crippen molar-refractivity contribution < 1.29 is 13.2 Å². The number of anilines is 1. The van der Waals surface area contributed by atoms with E-state index in [1.54, 1.807) is 0 Å². The zero-order valence-electron chi connectivity index (χ0n) is 8.30.